The molecule has 1 aromatic rings. The average molecular weight is 312 g/mol. The first-order chi connectivity index (χ1) is 10.5. The molecule has 1 aliphatic heterocycles. The third-order valence-electron chi connectivity index (χ3n) is 4.45. The Bertz CT molecular complexity index is 594. The maximum Gasteiger partial charge on any atom is 0.387 e. The lowest BCUT2D eigenvalue weighted by atomic mass is 10.1. The molecule has 0 spiro atoms. The summed E-state index contributed by atoms with van der Waals surface area (Å²) in [6.45, 7) is -2.25. The van der Waals surface area contributed by atoms with Gasteiger partial charge in [0.05, 0.1) is 12.7 Å². The minimum atomic E-state index is -2.98. The molecule has 1 aliphatic carbocycles. The Morgan fingerprint density at radius 3 is 2.68 bits per heavy atom. The van der Waals surface area contributed by atoms with Crippen LogP contribution in [0, 0.1) is 5.92 Å². The number of fused-ring (bicyclic) bond motifs is 2. The summed E-state index contributed by atoms with van der Waals surface area (Å²) in [5.41, 5.74) is 6.24. The number of amides is 1. The molecule has 120 valence electrons. The van der Waals surface area contributed by atoms with E-state index >= 15 is 0 Å². The van der Waals surface area contributed by atoms with Gasteiger partial charge in [-0.1, -0.05) is 0 Å². The Kier molecular flexibility index (Phi) is 3.80. The van der Waals surface area contributed by atoms with Gasteiger partial charge in [0.1, 0.15) is 0 Å². The molecule has 1 amide bonds. The number of halogens is 2. The summed E-state index contributed by atoms with van der Waals surface area (Å²) in [6, 6.07) is 2.85. The zero-order valence-corrected chi connectivity index (χ0v) is 12.2. The largest absolute Gasteiger partial charge is 0.493 e. The van der Waals surface area contributed by atoms with E-state index in [0.29, 0.717) is 5.92 Å². The number of nitrogens with zero attached hydrogens (tertiary/aromatic N) is 1. The van der Waals surface area contributed by atoms with E-state index in [1.54, 1.807) is 0 Å². The Hall–Kier alpha value is -2.05. The lowest BCUT2D eigenvalue weighted by molar-refractivity contribution is -0.0511. The summed E-state index contributed by atoms with van der Waals surface area (Å²) in [5.74, 6) is 0.293. The molecule has 2 aliphatic rings. The Morgan fingerprint density at radius 2 is 2.14 bits per heavy atom. The number of ether oxygens (including phenoxy) is 2. The van der Waals surface area contributed by atoms with Crippen LogP contribution < -0.4 is 15.2 Å². The van der Waals surface area contributed by atoms with Crippen LogP contribution >= 0.6 is 0 Å². The van der Waals surface area contributed by atoms with E-state index in [2.05, 4.69) is 4.74 Å². The highest BCUT2D eigenvalue weighted by Crippen LogP contribution is 2.40. The number of methoxy groups -OCH3 is 1. The molecule has 7 heteroatoms. The minimum absolute atomic E-state index is 0.0715. The number of nitrogen functional groups attached to an aromatic ring is 1. The molecule has 22 heavy (non-hydrogen) atoms. The summed E-state index contributed by atoms with van der Waals surface area (Å²) in [4.78, 5) is 14.5. The van der Waals surface area contributed by atoms with Gasteiger partial charge in [-0.05, 0) is 31.2 Å². The van der Waals surface area contributed by atoms with Gasteiger partial charge in [0.25, 0.3) is 5.91 Å². The topological polar surface area (TPSA) is 64.8 Å². The summed E-state index contributed by atoms with van der Waals surface area (Å²) in [7, 11) is 1.33. The summed E-state index contributed by atoms with van der Waals surface area (Å²) in [6.07, 6.45) is 3.21. The predicted octanol–water partition coefficient (Wildman–Crippen LogP) is 2.50. The molecule has 0 aromatic heterocycles. The highest BCUT2D eigenvalue weighted by molar-refractivity contribution is 6.00. The number of hydrogen-bond donors (Lipinski definition) is 1. The van der Waals surface area contributed by atoms with Gasteiger partial charge in [-0.15, -0.1) is 0 Å². The van der Waals surface area contributed by atoms with Crippen molar-refractivity contribution in [2.45, 2.75) is 31.9 Å². The van der Waals surface area contributed by atoms with Crippen molar-refractivity contribution in [3.05, 3.63) is 17.7 Å². The number of alkyl halides is 2. The van der Waals surface area contributed by atoms with E-state index in [4.69, 9.17) is 10.5 Å². The first-order valence-corrected chi connectivity index (χ1v) is 7.23. The number of piperidine rings is 1. The molecule has 2 atom stereocenters. The fourth-order valence-corrected chi connectivity index (χ4v) is 3.44. The van der Waals surface area contributed by atoms with Crippen molar-refractivity contribution in [3.63, 3.8) is 0 Å². The first kappa shape index (κ1) is 14.9. The van der Waals surface area contributed by atoms with Crippen LogP contribution in [0.4, 0.5) is 14.5 Å². The number of carbonyl (C=O) groups is 1. The van der Waals surface area contributed by atoms with Crippen molar-refractivity contribution < 1.29 is 23.0 Å². The fourth-order valence-electron chi connectivity index (χ4n) is 3.44. The fraction of sp³-hybridized carbons (Fsp3) is 0.533. The van der Waals surface area contributed by atoms with E-state index in [9.17, 15) is 13.6 Å². The van der Waals surface area contributed by atoms with Crippen LogP contribution in [0.15, 0.2) is 12.1 Å². The molecule has 5 nitrogen and oxygen atoms in total. The van der Waals surface area contributed by atoms with E-state index in [0.717, 1.165) is 25.8 Å². The number of nitrogens with two attached hydrogens (primary N) is 1. The molecule has 2 N–H and O–H groups in total. The quantitative estimate of drug-likeness (QED) is 0.868. The molecule has 1 heterocycles. The zero-order chi connectivity index (χ0) is 15.9. The molecule has 1 saturated carbocycles. The number of carbonyl (C=O) groups excluding carboxylic acids is 1. The van der Waals surface area contributed by atoms with Gasteiger partial charge in [-0.25, -0.2) is 0 Å². The van der Waals surface area contributed by atoms with Crippen molar-refractivity contribution in [2.24, 2.45) is 5.92 Å². The number of rotatable bonds is 4. The molecular formula is C15H18F2N2O3. The van der Waals surface area contributed by atoms with Gasteiger partial charge in [-0.2, -0.15) is 8.78 Å². The second kappa shape index (κ2) is 5.62. The van der Waals surface area contributed by atoms with Crippen molar-refractivity contribution >= 4 is 11.6 Å². The van der Waals surface area contributed by atoms with E-state index in [1.165, 1.54) is 19.2 Å². The molecule has 2 bridgehead atoms. The van der Waals surface area contributed by atoms with Crippen LogP contribution in [0.1, 0.15) is 29.6 Å². The summed E-state index contributed by atoms with van der Waals surface area (Å²) in [5, 5.41) is 0. The SMILES string of the molecule is COc1cc(C(=O)N2CC3CCC2C3)c(N)cc1OC(F)F. The monoisotopic (exact) mass is 312 g/mol. The van der Waals surface area contributed by atoms with Crippen LogP contribution in [0.3, 0.4) is 0 Å². The second-order valence-electron chi connectivity index (χ2n) is 5.76. The highest BCUT2D eigenvalue weighted by Gasteiger charge is 2.41. The van der Waals surface area contributed by atoms with Crippen LogP contribution in [0.2, 0.25) is 0 Å². The third-order valence-corrected chi connectivity index (χ3v) is 4.45. The lowest BCUT2D eigenvalue weighted by Gasteiger charge is -2.27. The maximum atomic E-state index is 12.7. The number of benzene rings is 1. The number of anilines is 1. The molecular weight excluding hydrogens is 294 g/mol. The van der Waals surface area contributed by atoms with E-state index < -0.39 is 6.61 Å². The summed E-state index contributed by atoms with van der Waals surface area (Å²) >= 11 is 0. The average Bonchev–Trinajstić information content (AvgIpc) is 3.09. The minimum Gasteiger partial charge on any atom is -0.493 e. The Labute approximate surface area is 127 Å². The van der Waals surface area contributed by atoms with Crippen LogP contribution in [-0.2, 0) is 0 Å². The number of likely N-dealkylation sites (tertiary alicyclic amines) is 1. The predicted molar refractivity (Wildman–Crippen MR) is 76.2 cm³/mol. The van der Waals surface area contributed by atoms with Gasteiger partial charge in [-0.3, -0.25) is 4.79 Å². The Balaban J connectivity index is 1.88. The number of hydrogen-bond acceptors (Lipinski definition) is 4. The standard InChI is InChI=1S/C15H18F2N2O3/c1-21-12-5-10(11(18)6-13(12)22-15(16)17)14(20)19-7-8-2-3-9(19)4-8/h5-6,8-9,15H,2-4,7,18H2,1H3. The molecule has 2 unspecified atom stereocenters. The summed E-state index contributed by atoms with van der Waals surface area (Å²) < 4.78 is 34.2. The third kappa shape index (κ3) is 2.55. The zero-order valence-electron chi connectivity index (χ0n) is 12.2. The molecule has 0 radical (unpaired) electrons. The van der Waals surface area contributed by atoms with Crippen molar-refractivity contribution in [2.75, 3.05) is 19.4 Å². The van der Waals surface area contributed by atoms with Crippen LogP contribution in [0.25, 0.3) is 0 Å². The normalized spacial score (nSPS) is 23.2. The van der Waals surface area contributed by atoms with Crippen molar-refractivity contribution in [3.8, 4) is 11.5 Å². The van der Waals surface area contributed by atoms with Crippen LogP contribution in [0.5, 0.6) is 11.5 Å². The van der Waals surface area contributed by atoms with Crippen LogP contribution in [-0.4, -0.2) is 37.1 Å². The lowest BCUT2D eigenvalue weighted by Crippen LogP contribution is -2.38. The second-order valence-corrected chi connectivity index (χ2v) is 5.76. The molecule has 1 saturated heterocycles. The van der Waals surface area contributed by atoms with E-state index in [-0.39, 0.29) is 34.7 Å². The molecule has 2 fully saturated rings. The van der Waals surface area contributed by atoms with E-state index in [1.807, 2.05) is 4.90 Å². The van der Waals surface area contributed by atoms with Gasteiger partial charge in [0, 0.05) is 24.3 Å². The molecule has 1 aromatic carbocycles. The van der Waals surface area contributed by atoms with Gasteiger partial charge in [0.15, 0.2) is 11.5 Å². The molecule has 3 rings (SSSR count). The van der Waals surface area contributed by atoms with Crippen molar-refractivity contribution in [1.82, 2.24) is 4.90 Å². The first-order valence-electron chi connectivity index (χ1n) is 7.23. The Morgan fingerprint density at radius 1 is 1.36 bits per heavy atom. The highest BCUT2D eigenvalue weighted by atomic mass is 19.3. The maximum absolute atomic E-state index is 12.7. The van der Waals surface area contributed by atoms with Crippen molar-refractivity contribution in [1.29, 1.82) is 0 Å². The van der Waals surface area contributed by atoms with Gasteiger partial charge >= 0.3 is 6.61 Å². The van der Waals surface area contributed by atoms with Gasteiger partial charge < -0.3 is 20.1 Å². The smallest absolute Gasteiger partial charge is 0.387 e. The van der Waals surface area contributed by atoms with Gasteiger partial charge in [0.2, 0.25) is 0 Å².